The molecular formula is C16H16N2O5S. The van der Waals surface area contributed by atoms with Gasteiger partial charge in [-0.05, 0) is 18.1 Å². The van der Waals surface area contributed by atoms with Crippen LogP contribution in [-0.4, -0.2) is 30.1 Å². The number of benzene rings is 1. The summed E-state index contributed by atoms with van der Waals surface area (Å²) in [5, 5.41) is 14.2. The Morgan fingerprint density at radius 3 is 2.46 bits per heavy atom. The van der Waals surface area contributed by atoms with E-state index in [0.29, 0.717) is 5.56 Å². The first-order valence-corrected chi connectivity index (χ1v) is 7.82. The van der Waals surface area contributed by atoms with Gasteiger partial charge in [-0.3, -0.25) is 10.1 Å². The summed E-state index contributed by atoms with van der Waals surface area (Å²) in [6.07, 6.45) is -0.786. The van der Waals surface area contributed by atoms with E-state index in [0.717, 1.165) is 16.9 Å². The predicted octanol–water partition coefficient (Wildman–Crippen LogP) is 2.86. The summed E-state index contributed by atoms with van der Waals surface area (Å²) in [4.78, 5) is 35.3. The van der Waals surface area contributed by atoms with E-state index in [1.807, 2.05) is 18.2 Å². The maximum atomic E-state index is 11.9. The molecule has 0 bridgehead atoms. The second kappa shape index (κ2) is 7.60. The summed E-state index contributed by atoms with van der Waals surface area (Å²) in [7, 11) is 1.45. The monoisotopic (exact) mass is 348 g/mol. The van der Waals surface area contributed by atoms with E-state index in [1.54, 1.807) is 12.1 Å². The minimum Gasteiger partial charge on any atom is -0.478 e. The van der Waals surface area contributed by atoms with Crippen LogP contribution in [0.4, 0.5) is 9.80 Å². The van der Waals surface area contributed by atoms with E-state index < -0.39 is 18.0 Å². The highest BCUT2D eigenvalue weighted by Gasteiger charge is 2.25. The molecular weight excluding hydrogens is 332 g/mol. The zero-order chi connectivity index (χ0) is 17.7. The molecule has 0 atom stereocenters. The van der Waals surface area contributed by atoms with E-state index in [-0.39, 0.29) is 22.0 Å². The van der Waals surface area contributed by atoms with Crippen molar-refractivity contribution in [2.75, 3.05) is 12.4 Å². The highest BCUT2D eigenvalue weighted by Crippen LogP contribution is 2.33. The van der Waals surface area contributed by atoms with Crippen molar-refractivity contribution >= 4 is 34.3 Å². The van der Waals surface area contributed by atoms with Crippen molar-refractivity contribution in [1.29, 1.82) is 0 Å². The molecule has 24 heavy (non-hydrogen) atoms. The molecule has 7 nitrogen and oxygen atoms in total. The summed E-state index contributed by atoms with van der Waals surface area (Å²) in [5.74, 6) is -1.64. The molecule has 1 aromatic carbocycles. The van der Waals surface area contributed by atoms with Crippen molar-refractivity contribution in [3.05, 3.63) is 51.9 Å². The Balaban J connectivity index is 2.14. The zero-order valence-electron chi connectivity index (χ0n) is 13.1. The molecule has 1 heterocycles. The minimum atomic E-state index is -1.22. The largest absolute Gasteiger partial charge is 0.478 e. The Morgan fingerprint density at radius 2 is 1.88 bits per heavy atom. The standard InChI is InChI=1S/C16H16N2O5S/c1-9-11(15(20)21)14(24-12(9)13(19)17-2)18-16(22)23-8-10-6-4-3-5-7-10/h3-7H,8H2,1-2H3,(H,17,19)(H,18,22)(H,20,21). The molecule has 2 aromatic rings. The normalized spacial score (nSPS) is 10.1. The fourth-order valence-corrected chi connectivity index (χ4v) is 3.17. The highest BCUT2D eigenvalue weighted by molar-refractivity contribution is 7.18. The fraction of sp³-hybridized carbons (Fsp3) is 0.188. The number of nitrogens with one attached hydrogen (secondary N) is 2. The van der Waals surface area contributed by atoms with Crippen molar-refractivity contribution in [2.24, 2.45) is 0 Å². The quantitative estimate of drug-likeness (QED) is 0.770. The molecule has 2 rings (SSSR count). The molecule has 0 spiro atoms. The number of ether oxygens (including phenoxy) is 1. The number of carboxylic acid groups (broad SMARTS) is 1. The van der Waals surface area contributed by atoms with Crippen molar-refractivity contribution in [3.8, 4) is 0 Å². The summed E-state index contributed by atoms with van der Waals surface area (Å²) >= 11 is 0.892. The van der Waals surface area contributed by atoms with Crippen LogP contribution in [0.3, 0.4) is 0 Å². The predicted molar refractivity (Wildman–Crippen MR) is 89.7 cm³/mol. The van der Waals surface area contributed by atoms with Crippen molar-refractivity contribution in [3.63, 3.8) is 0 Å². The second-order valence-electron chi connectivity index (χ2n) is 4.83. The first-order valence-electron chi connectivity index (χ1n) is 7.00. The second-order valence-corrected chi connectivity index (χ2v) is 5.85. The number of carbonyl (C=O) groups is 3. The molecule has 126 valence electrons. The fourth-order valence-electron chi connectivity index (χ4n) is 2.04. The molecule has 0 saturated heterocycles. The average molecular weight is 348 g/mol. The number of hydrogen-bond acceptors (Lipinski definition) is 5. The number of anilines is 1. The first kappa shape index (κ1) is 17.5. The van der Waals surface area contributed by atoms with E-state index in [9.17, 15) is 19.5 Å². The smallest absolute Gasteiger partial charge is 0.412 e. The molecule has 0 fully saturated rings. The number of carboxylic acids is 1. The van der Waals surface area contributed by atoms with E-state index >= 15 is 0 Å². The Bertz CT molecular complexity index is 770. The van der Waals surface area contributed by atoms with Crippen LogP contribution in [0.5, 0.6) is 0 Å². The van der Waals surface area contributed by atoms with Crippen LogP contribution in [0.25, 0.3) is 0 Å². The van der Waals surface area contributed by atoms with Gasteiger partial charge in [-0.1, -0.05) is 30.3 Å². The molecule has 1 aromatic heterocycles. The van der Waals surface area contributed by atoms with Gasteiger partial charge in [-0.15, -0.1) is 11.3 Å². The van der Waals surface area contributed by atoms with Crippen LogP contribution in [-0.2, 0) is 11.3 Å². The molecule has 0 aliphatic carbocycles. The molecule has 2 amide bonds. The summed E-state index contributed by atoms with van der Waals surface area (Å²) in [6.45, 7) is 1.58. The van der Waals surface area contributed by atoms with Crippen LogP contribution >= 0.6 is 11.3 Å². The van der Waals surface area contributed by atoms with E-state index in [2.05, 4.69) is 10.6 Å². The lowest BCUT2D eigenvalue weighted by Gasteiger charge is -2.06. The molecule has 8 heteroatoms. The van der Waals surface area contributed by atoms with Gasteiger partial charge in [0.25, 0.3) is 5.91 Å². The van der Waals surface area contributed by atoms with E-state index in [4.69, 9.17) is 4.74 Å². The van der Waals surface area contributed by atoms with Crippen LogP contribution in [0.1, 0.15) is 31.2 Å². The van der Waals surface area contributed by atoms with Crippen molar-refractivity contribution < 1.29 is 24.2 Å². The van der Waals surface area contributed by atoms with Gasteiger partial charge < -0.3 is 15.2 Å². The van der Waals surface area contributed by atoms with Gasteiger partial charge in [0, 0.05) is 7.05 Å². The molecule has 0 aliphatic rings. The summed E-state index contributed by atoms with van der Waals surface area (Å²) in [6, 6.07) is 9.08. The summed E-state index contributed by atoms with van der Waals surface area (Å²) in [5.41, 5.74) is 0.986. The molecule has 0 saturated carbocycles. The van der Waals surface area contributed by atoms with Gasteiger partial charge in [0.1, 0.15) is 11.6 Å². The third-order valence-electron chi connectivity index (χ3n) is 3.22. The lowest BCUT2D eigenvalue weighted by molar-refractivity contribution is 0.0697. The Hall–Kier alpha value is -2.87. The number of rotatable bonds is 5. The zero-order valence-corrected chi connectivity index (χ0v) is 13.9. The maximum absolute atomic E-state index is 11.9. The van der Waals surface area contributed by atoms with Gasteiger partial charge in [-0.2, -0.15) is 0 Å². The number of amides is 2. The lowest BCUT2D eigenvalue weighted by Crippen LogP contribution is -2.17. The topological polar surface area (TPSA) is 105 Å². The third kappa shape index (κ3) is 3.90. The van der Waals surface area contributed by atoms with Crippen LogP contribution in [0.15, 0.2) is 30.3 Å². The third-order valence-corrected chi connectivity index (χ3v) is 4.43. The number of hydrogen-bond donors (Lipinski definition) is 3. The Kier molecular flexibility index (Phi) is 5.54. The minimum absolute atomic E-state index is 0.0573. The first-order chi connectivity index (χ1) is 11.4. The van der Waals surface area contributed by atoms with Crippen LogP contribution in [0, 0.1) is 6.92 Å². The van der Waals surface area contributed by atoms with Crippen LogP contribution < -0.4 is 10.6 Å². The van der Waals surface area contributed by atoms with Gasteiger partial charge in [0.05, 0.1) is 10.4 Å². The average Bonchev–Trinajstić information content (AvgIpc) is 2.89. The molecule has 3 N–H and O–H groups in total. The van der Waals surface area contributed by atoms with Crippen LogP contribution in [0.2, 0.25) is 0 Å². The highest BCUT2D eigenvalue weighted by atomic mass is 32.1. The van der Waals surface area contributed by atoms with Crippen molar-refractivity contribution in [1.82, 2.24) is 5.32 Å². The summed E-state index contributed by atoms with van der Waals surface area (Å²) < 4.78 is 5.07. The Morgan fingerprint density at radius 1 is 1.21 bits per heavy atom. The number of aromatic carboxylic acids is 1. The molecule has 0 radical (unpaired) electrons. The van der Waals surface area contributed by atoms with Gasteiger partial charge >= 0.3 is 12.1 Å². The van der Waals surface area contributed by atoms with E-state index in [1.165, 1.54) is 14.0 Å². The van der Waals surface area contributed by atoms with Gasteiger partial charge in [0.2, 0.25) is 0 Å². The SMILES string of the molecule is CNC(=O)c1sc(NC(=O)OCc2ccccc2)c(C(=O)O)c1C. The Labute approximate surface area is 142 Å². The lowest BCUT2D eigenvalue weighted by atomic mass is 10.1. The maximum Gasteiger partial charge on any atom is 0.412 e. The van der Waals surface area contributed by atoms with Crippen molar-refractivity contribution in [2.45, 2.75) is 13.5 Å². The molecule has 0 unspecified atom stereocenters. The van der Waals surface area contributed by atoms with Gasteiger partial charge in [0.15, 0.2) is 0 Å². The number of thiophene rings is 1. The molecule has 0 aliphatic heterocycles. The number of carbonyl (C=O) groups excluding carboxylic acids is 2. The van der Waals surface area contributed by atoms with Gasteiger partial charge in [-0.25, -0.2) is 9.59 Å².